The minimum absolute atomic E-state index is 0.356. The molecule has 5 nitrogen and oxygen atoms in total. The highest BCUT2D eigenvalue weighted by molar-refractivity contribution is 5.61. The molecule has 2 aromatic carbocycles. The summed E-state index contributed by atoms with van der Waals surface area (Å²) in [5.74, 6) is 1.09. The molecule has 1 aliphatic rings. The third-order valence-electron chi connectivity index (χ3n) is 4.67. The van der Waals surface area contributed by atoms with Crippen molar-refractivity contribution in [1.82, 2.24) is 4.98 Å². The predicted octanol–water partition coefficient (Wildman–Crippen LogP) is 3.85. The van der Waals surface area contributed by atoms with Crippen molar-refractivity contribution in [1.29, 1.82) is 5.26 Å². The van der Waals surface area contributed by atoms with E-state index in [1.165, 1.54) is 5.69 Å². The van der Waals surface area contributed by atoms with Gasteiger partial charge in [0.25, 0.3) is 0 Å². The van der Waals surface area contributed by atoms with E-state index in [0.29, 0.717) is 17.5 Å². The Morgan fingerprint density at radius 3 is 2.38 bits per heavy atom. The molecular formula is C21H20N4O. The second-order valence-corrected chi connectivity index (χ2v) is 6.46. The predicted molar refractivity (Wildman–Crippen MR) is 102 cm³/mol. The molecule has 1 aliphatic heterocycles. The number of hydrogen-bond donors (Lipinski definition) is 0. The first-order valence-corrected chi connectivity index (χ1v) is 8.77. The van der Waals surface area contributed by atoms with E-state index >= 15 is 0 Å². The number of aryl methyl sites for hydroxylation is 1. The Morgan fingerprint density at radius 1 is 0.962 bits per heavy atom. The van der Waals surface area contributed by atoms with Crippen LogP contribution in [-0.4, -0.2) is 31.2 Å². The van der Waals surface area contributed by atoms with Crippen LogP contribution in [0.15, 0.2) is 59.0 Å². The van der Waals surface area contributed by atoms with E-state index < -0.39 is 0 Å². The first-order valence-electron chi connectivity index (χ1n) is 8.77. The van der Waals surface area contributed by atoms with E-state index in [9.17, 15) is 5.26 Å². The molecule has 0 radical (unpaired) electrons. The summed E-state index contributed by atoms with van der Waals surface area (Å²) in [4.78, 5) is 8.87. The number of oxazole rings is 1. The van der Waals surface area contributed by atoms with Crippen LogP contribution >= 0.6 is 0 Å². The highest BCUT2D eigenvalue weighted by Crippen LogP contribution is 2.29. The average molecular weight is 344 g/mol. The van der Waals surface area contributed by atoms with Gasteiger partial charge in [-0.05, 0) is 31.2 Å². The van der Waals surface area contributed by atoms with Crippen molar-refractivity contribution in [2.45, 2.75) is 6.92 Å². The second kappa shape index (κ2) is 6.93. The summed E-state index contributed by atoms with van der Waals surface area (Å²) in [6, 6.07) is 20.5. The normalized spacial score (nSPS) is 14.3. The number of hydrogen-bond acceptors (Lipinski definition) is 5. The van der Waals surface area contributed by atoms with Crippen LogP contribution in [0, 0.1) is 18.3 Å². The van der Waals surface area contributed by atoms with Crippen LogP contribution < -0.4 is 9.80 Å². The molecule has 0 saturated carbocycles. The van der Waals surface area contributed by atoms with E-state index in [0.717, 1.165) is 37.3 Å². The van der Waals surface area contributed by atoms with Crippen molar-refractivity contribution in [3.05, 3.63) is 65.9 Å². The summed E-state index contributed by atoms with van der Waals surface area (Å²) in [6.45, 7) is 5.39. The maximum Gasteiger partial charge on any atom is 0.235 e. The molecule has 0 unspecified atom stereocenters. The molecule has 0 spiro atoms. The summed E-state index contributed by atoms with van der Waals surface area (Å²) in [5, 5.41) is 9.48. The van der Waals surface area contributed by atoms with E-state index in [2.05, 4.69) is 45.1 Å². The van der Waals surface area contributed by atoms with Gasteiger partial charge in [-0.3, -0.25) is 0 Å². The average Bonchev–Trinajstić information content (AvgIpc) is 3.13. The monoisotopic (exact) mass is 344 g/mol. The Morgan fingerprint density at radius 2 is 1.69 bits per heavy atom. The smallest absolute Gasteiger partial charge is 0.235 e. The molecule has 130 valence electrons. The fourth-order valence-electron chi connectivity index (χ4n) is 3.31. The molecule has 0 aliphatic carbocycles. The third kappa shape index (κ3) is 3.14. The van der Waals surface area contributed by atoms with E-state index in [-0.39, 0.29) is 0 Å². The van der Waals surface area contributed by atoms with Gasteiger partial charge in [0.2, 0.25) is 17.5 Å². The Hall–Kier alpha value is -3.26. The van der Waals surface area contributed by atoms with Crippen molar-refractivity contribution in [2.24, 2.45) is 0 Å². The molecule has 0 bridgehead atoms. The fraction of sp³-hybridized carbons (Fsp3) is 0.238. The molecule has 5 heteroatoms. The van der Waals surface area contributed by atoms with E-state index in [4.69, 9.17) is 4.42 Å². The molecule has 0 N–H and O–H groups in total. The second-order valence-electron chi connectivity index (χ2n) is 6.46. The Labute approximate surface area is 153 Å². The van der Waals surface area contributed by atoms with Crippen LogP contribution in [0.1, 0.15) is 11.3 Å². The third-order valence-corrected chi connectivity index (χ3v) is 4.67. The van der Waals surface area contributed by atoms with Gasteiger partial charge >= 0.3 is 0 Å². The van der Waals surface area contributed by atoms with Crippen LogP contribution in [-0.2, 0) is 0 Å². The molecule has 1 saturated heterocycles. The van der Waals surface area contributed by atoms with Crippen molar-refractivity contribution >= 4 is 11.6 Å². The van der Waals surface area contributed by atoms with Crippen LogP contribution in [0.5, 0.6) is 0 Å². The number of piperazine rings is 1. The van der Waals surface area contributed by atoms with Gasteiger partial charge in [-0.25, -0.2) is 0 Å². The zero-order valence-electron chi connectivity index (χ0n) is 14.7. The topological polar surface area (TPSA) is 56.3 Å². The maximum absolute atomic E-state index is 9.48. The van der Waals surface area contributed by atoms with Gasteiger partial charge in [-0.15, -0.1) is 0 Å². The molecule has 26 heavy (non-hydrogen) atoms. The number of nitriles is 1. The van der Waals surface area contributed by atoms with Crippen molar-refractivity contribution in [3.63, 3.8) is 0 Å². The minimum Gasteiger partial charge on any atom is -0.419 e. The number of aromatic nitrogens is 1. The Bertz CT molecular complexity index is 934. The molecule has 2 heterocycles. The summed E-state index contributed by atoms with van der Waals surface area (Å²) in [5.41, 5.74) is 3.62. The zero-order chi connectivity index (χ0) is 17.9. The van der Waals surface area contributed by atoms with E-state index in [1.54, 1.807) is 0 Å². The van der Waals surface area contributed by atoms with Crippen molar-refractivity contribution in [2.75, 3.05) is 36.0 Å². The first-order chi connectivity index (χ1) is 12.7. The standard InChI is InChI=1S/C21H20N4O/c1-16-6-5-7-17(14-16)20-23-19(15-22)21(26-20)25-12-10-24(11-13-25)18-8-3-2-4-9-18/h2-9,14H,10-13H2,1H3. The molecular weight excluding hydrogens is 324 g/mol. The molecule has 0 amide bonds. The van der Waals surface area contributed by atoms with Gasteiger partial charge in [0.05, 0.1) is 0 Å². The van der Waals surface area contributed by atoms with Crippen LogP contribution in [0.25, 0.3) is 11.5 Å². The lowest BCUT2D eigenvalue weighted by atomic mass is 10.1. The fourth-order valence-corrected chi connectivity index (χ4v) is 3.31. The first kappa shape index (κ1) is 16.2. The minimum atomic E-state index is 0.356. The summed E-state index contributed by atoms with van der Waals surface area (Å²) >= 11 is 0. The van der Waals surface area contributed by atoms with Gasteiger partial charge in [-0.1, -0.05) is 35.9 Å². The van der Waals surface area contributed by atoms with Crippen LogP contribution in [0.2, 0.25) is 0 Å². The van der Waals surface area contributed by atoms with Gasteiger partial charge in [-0.2, -0.15) is 10.2 Å². The van der Waals surface area contributed by atoms with Gasteiger partial charge < -0.3 is 14.2 Å². The lowest BCUT2D eigenvalue weighted by Gasteiger charge is -2.35. The van der Waals surface area contributed by atoms with Gasteiger partial charge in [0.15, 0.2) is 0 Å². The molecule has 3 aromatic rings. The molecule has 1 aromatic heterocycles. The number of benzene rings is 2. The van der Waals surface area contributed by atoms with Crippen molar-refractivity contribution < 1.29 is 4.42 Å². The van der Waals surface area contributed by atoms with Crippen molar-refractivity contribution in [3.8, 4) is 17.5 Å². The quantitative estimate of drug-likeness (QED) is 0.722. The van der Waals surface area contributed by atoms with Crippen LogP contribution in [0.3, 0.4) is 0 Å². The number of para-hydroxylation sites is 1. The van der Waals surface area contributed by atoms with Crippen LogP contribution in [0.4, 0.5) is 11.6 Å². The number of anilines is 2. The highest BCUT2D eigenvalue weighted by atomic mass is 16.4. The maximum atomic E-state index is 9.48. The van der Waals surface area contributed by atoms with E-state index in [1.807, 2.05) is 37.3 Å². The van der Waals surface area contributed by atoms with Gasteiger partial charge in [0, 0.05) is 37.4 Å². The SMILES string of the molecule is Cc1cccc(-c2nc(C#N)c(N3CCN(c4ccccc4)CC3)o2)c1. The Balaban J connectivity index is 1.54. The largest absolute Gasteiger partial charge is 0.419 e. The summed E-state index contributed by atoms with van der Waals surface area (Å²) < 4.78 is 6.00. The number of nitrogens with zero attached hydrogens (tertiary/aromatic N) is 4. The summed E-state index contributed by atoms with van der Waals surface area (Å²) in [7, 11) is 0. The lowest BCUT2D eigenvalue weighted by Crippen LogP contribution is -2.46. The Kier molecular flexibility index (Phi) is 4.32. The molecule has 1 fully saturated rings. The lowest BCUT2D eigenvalue weighted by molar-refractivity contribution is 0.531. The molecule has 4 rings (SSSR count). The summed E-state index contributed by atoms with van der Waals surface area (Å²) in [6.07, 6.45) is 0. The highest BCUT2D eigenvalue weighted by Gasteiger charge is 2.24. The zero-order valence-corrected chi connectivity index (χ0v) is 14.7. The number of rotatable bonds is 3. The molecule has 0 atom stereocenters. The van der Waals surface area contributed by atoms with Gasteiger partial charge in [0.1, 0.15) is 6.07 Å².